The molecule has 2 heterocycles. The molecule has 0 spiro atoms. The highest BCUT2D eigenvalue weighted by molar-refractivity contribution is 8.00. The number of halogens is 2. The van der Waals surface area contributed by atoms with E-state index in [1.54, 1.807) is 37.3 Å². The van der Waals surface area contributed by atoms with Crippen molar-refractivity contribution < 1.29 is 9.21 Å². The molecule has 0 fully saturated rings. The molecule has 0 aliphatic heterocycles. The van der Waals surface area contributed by atoms with Gasteiger partial charge in [-0.25, -0.2) is 4.98 Å². The summed E-state index contributed by atoms with van der Waals surface area (Å²) in [5.74, 6) is -0.0509. The second kappa shape index (κ2) is 8.52. The van der Waals surface area contributed by atoms with Crippen molar-refractivity contribution in [3.8, 4) is 17.5 Å². The van der Waals surface area contributed by atoms with Gasteiger partial charge in [0.15, 0.2) is 10.9 Å². The number of carbonyl (C=O) groups excluding carboxylic acids is 1. The maximum Gasteiger partial charge on any atom is 0.270 e. The number of hydrogen-bond donors (Lipinski definition) is 2. The van der Waals surface area contributed by atoms with Crippen LogP contribution >= 0.6 is 35.0 Å². The minimum atomic E-state index is -0.613. The molecular weight excluding hydrogens is 423 g/mol. The molecule has 0 saturated carbocycles. The smallest absolute Gasteiger partial charge is 0.270 e. The average Bonchev–Trinajstić information content (AvgIpc) is 3.14. The van der Waals surface area contributed by atoms with Crippen LogP contribution in [0.2, 0.25) is 10.0 Å². The molecule has 0 bridgehead atoms. The lowest BCUT2D eigenvalue weighted by Crippen LogP contribution is -2.23. The first kappa shape index (κ1) is 20.0. The molecule has 28 heavy (non-hydrogen) atoms. The monoisotopic (exact) mass is 434 g/mol. The van der Waals surface area contributed by atoms with Gasteiger partial charge in [-0.15, -0.1) is 0 Å². The van der Waals surface area contributed by atoms with Gasteiger partial charge in [0.25, 0.3) is 5.56 Å². The molecule has 10 heteroatoms. The zero-order valence-electron chi connectivity index (χ0n) is 14.3. The molecule has 2 N–H and O–H groups in total. The van der Waals surface area contributed by atoms with Gasteiger partial charge in [-0.3, -0.25) is 9.59 Å². The summed E-state index contributed by atoms with van der Waals surface area (Å²) >= 11 is 12.9. The molecule has 7 nitrogen and oxygen atoms in total. The van der Waals surface area contributed by atoms with Crippen LogP contribution in [0.3, 0.4) is 0 Å². The Morgan fingerprint density at radius 1 is 1.36 bits per heavy atom. The number of nitriles is 1. The molecule has 0 aliphatic rings. The van der Waals surface area contributed by atoms with Crippen LogP contribution in [0.4, 0.5) is 5.69 Å². The number of anilines is 1. The molecule has 0 saturated heterocycles. The maximum atomic E-state index is 12.5. The molecule has 1 amide bonds. The minimum Gasteiger partial charge on any atom is -0.463 e. The number of benzene rings is 1. The van der Waals surface area contributed by atoms with Gasteiger partial charge < -0.3 is 14.7 Å². The highest BCUT2D eigenvalue weighted by Gasteiger charge is 2.20. The Morgan fingerprint density at radius 3 is 2.68 bits per heavy atom. The van der Waals surface area contributed by atoms with E-state index in [9.17, 15) is 14.9 Å². The Morgan fingerprint density at radius 2 is 2.07 bits per heavy atom. The fraction of sp³-hybridized carbons (Fsp3) is 0.111. The lowest BCUT2D eigenvalue weighted by molar-refractivity contribution is -0.115. The van der Waals surface area contributed by atoms with Crippen molar-refractivity contribution in [2.45, 2.75) is 17.3 Å². The predicted molar refractivity (Wildman–Crippen MR) is 108 cm³/mol. The van der Waals surface area contributed by atoms with Crippen LogP contribution in [0.15, 0.2) is 51.0 Å². The van der Waals surface area contributed by atoms with Gasteiger partial charge in [0.1, 0.15) is 17.3 Å². The number of aromatic amines is 1. The number of furan rings is 1. The number of carbonyl (C=O) groups is 1. The van der Waals surface area contributed by atoms with Gasteiger partial charge in [-0.05, 0) is 37.3 Å². The Kier molecular flexibility index (Phi) is 6.09. The first-order chi connectivity index (χ1) is 13.4. The zero-order chi connectivity index (χ0) is 20.3. The largest absolute Gasteiger partial charge is 0.463 e. The van der Waals surface area contributed by atoms with Gasteiger partial charge in [-0.1, -0.05) is 35.0 Å². The third-order valence-electron chi connectivity index (χ3n) is 3.55. The summed E-state index contributed by atoms with van der Waals surface area (Å²) < 4.78 is 5.25. The molecule has 1 atom stereocenters. The molecule has 3 rings (SSSR count). The second-order valence-corrected chi connectivity index (χ2v) is 7.79. The van der Waals surface area contributed by atoms with Crippen LogP contribution in [0.5, 0.6) is 0 Å². The van der Waals surface area contributed by atoms with Gasteiger partial charge in [0.2, 0.25) is 5.91 Å². The fourth-order valence-electron chi connectivity index (χ4n) is 2.29. The van der Waals surface area contributed by atoms with Crippen LogP contribution < -0.4 is 10.9 Å². The highest BCUT2D eigenvalue weighted by Crippen LogP contribution is 2.26. The molecule has 142 valence electrons. The maximum absolute atomic E-state index is 12.5. The molecule has 0 radical (unpaired) electrons. The number of amides is 1. The third-order valence-corrected chi connectivity index (χ3v) is 4.97. The lowest BCUT2D eigenvalue weighted by Gasteiger charge is -2.12. The molecule has 0 aliphatic carbocycles. The van der Waals surface area contributed by atoms with Crippen LogP contribution in [0.1, 0.15) is 12.5 Å². The van der Waals surface area contributed by atoms with Gasteiger partial charge in [-0.2, -0.15) is 5.26 Å². The Labute approximate surface area is 173 Å². The number of nitrogens with zero attached hydrogens (tertiary/aromatic N) is 2. The third kappa shape index (κ3) is 4.57. The van der Waals surface area contributed by atoms with E-state index in [-0.39, 0.29) is 28.1 Å². The van der Waals surface area contributed by atoms with E-state index in [1.165, 1.54) is 6.26 Å². The molecule has 0 unspecified atom stereocenters. The number of rotatable bonds is 5. The first-order valence-corrected chi connectivity index (χ1v) is 9.53. The molecule has 2 aromatic heterocycles. The highest BCUT2D eigenvalue weighted by atomic mass is 35.5. The van der Waals surface area contributed by atoms with Gasteiger partial charge in [0, 0.05) is 15.7 Å². The van der Waals surface area contributed by atoms with Crippen LogP contribution in [-0.4, -0.2) is 21.1 Å². The summed E-state index contributed by atoms with van der Waals surface area (Å²) in [5.41, 5.74) is -0.203. The predicted octanol–water partition coefficient (Wildman–Crippen LogP) is 4.33. The number of H-pyrrole nitrogens is 1. The van der Waals surface area contributed by atoms with Crippen LogP contribution in [-0.2, 0) is 4.79 Å². The number of nitrogens with one attached hydrogen (secondary N) is 2. The van der Waals surface area contributed by atoms with E-state index in [1.807, 2.05) is 6.07 Å². The number of hydrogen-bond acceptors (Lipinski definition) is 6. The van der Waals surface area contributed by atoms with Crippen molar-refractivity contribution in [1.29, 1.82) is 5.26 Å². The fourth-order valence-corrected chi connectivity index (χ4v) is 3.62. The lowest BCUT2D eigenvalue weighted by atomic mass is 10.2. The van der Waals surface area contributed by atoms with Crippen molar-refractivity contribution in [3.05, 3.63) is 62.6 Å². The SMILES string of the molecule is C[C@@H](Sc1nc(-c2ccco2)c(C#N)c(=O)[nH]1)C(=O)Nc1cc(Cl)cc(Cl)c1. The van der Waals surface area contributed by atoms with E-state index in [0.29, 0.717) is 15.7 Å². The van der Waals surface area contributed by atoms with E-state index in [4.69, 9.17) is 27.6 Å². The van der Waals surface area contributed by atoms with E-state index in [2.05, 4.69) is 15.3 Å². The summed E-state index contributed by atoms with van der Waals surface area (Å²) in [7, 11) is 0. The van der Waals surface area contributed by atoms with Crippen LogP contribution in [0.25, 0.3) is 11.5 Å². The molecule has 1 aromatic carbocycles. The Balaban J connectivity index is 1.82. The van der Waals surface area contributed by atoms with Crippen molar-refractivity contribution in [3.63, 3.8) is 0 Å². The topological polar surface area (TPSA) is 112 Å². The second-order valence-electron chi connectivity index (χ2n) is 5.59. The summed E-state index contributed by atoms with van der Waals surface area (Å²) in [6, 6.07) is 9.73. The Bertz CT molecular complexity index is 1100. The van der Waals surface area contributed by atoms with Crippen molar-refractivity contribution in [1.82, 2.24) is 9.97 Å². The quantitative estimate of drug-likeness (QED) is 0.456. The first-order valence-electron chi connectivity index (χ1n) is 7.89. The van der Waals surface area contributed by atoms with Crippen molar-refractivity contribution >= 4 is 46.6 Å². The minimum absolute atomic E-state index is 0.119. The van der Waals surface area contributed by atoms with Gasteiger partial charge >= 0.3 is 0 Å². The summed E-state index contributed by atoms with van der Waals surface area (Å²) in [4.78, 5) is 31.4. The Hall–Kier alpha value is -2.73. The van der Waals surface area contributed by atoms with E-state index < -0.39 is 10.8 Å². The zero-order valence-corrected chi connectivity index (χ0v) is 16.7. The summed E-state index contributed by atoms with van der Waals surface area (Å²) in [6.07, 6.45) is 1.42. The molecule has 3 aromatic rings. The summed E-state index contributed by atoms with van der Waals surface area (Å²) in [5, 5.41) is 12.3. The normalized spacial score (nSPS) is 11.6. The van der Waals surface area contributed by atoms with Gasteiger partial charge in [0.05, 0.1) is 11.5 Å². The number of aromatic nitrogens is 2. The van der Waals surface area contributed by atoms with Crippen LogP contribution in [0, 0.1) is 11.3 Å². The van der Waals surface area contributed by atoms with E-state index >= 15 is 0 Å². The van der Waals surface area contributed by atoms with Crippen molar-refractivity contribution in [2.75, 3.05) is 5.32 Å². The number of thioether (sulfide) groups is 1. The van der Waals surface area contributed by atoms with Crippen molar-refractivity contribution in [2.24, 2.45) is 0 Å². The average molecular weight is 435 g/mol. The van der Waals surface area contributed by atoms with E-state index in [0.717, 1.165) is 11.8 Å². The summed E-state index contributed by atoms with van der Waals surface area (Å²) in [6.45, 7) is 1.65. The standard InChI is InChI=1S/C18H12Cl2N4O3S/c1-9(16(25)22-12-6-10(19)5-11(20)7-12)28-18-23-15(14-3-2-4-27-14)13(8-21)17(26)24-18/h2-7,9H,1H3,(H,22,25)(H,23,24,26)/t9-/m1/s1. The molecular formula is C18H12Cl2N4O3S.